The lowest BCUT2D eigenvalue weighted by Crippen LogP contribution is -2.26. The zero-order valence-corrected chi connectivity index (χ0v) is 14.3. The van der Waals surface area contributed by atoms with Crippen LogP contribution in [0.5, 0.6) is 11.5 Å². The van der Waals surface area contributed by atoms with Crippen LogP contribution in [0.15, 0.2) is 40.8 Å². The van der Waals surface area contributed by atoms with Crippen LogP contribution in [0.3, 0.4) is 0 Å². The van der Waals surface area contributed by atoms with Crippen molar-refractivity contribution in [2.45, 2.75) is 32.3 Å². The van der Waals surface area contributed by atoms with Crippen LogP contribution in [0.4, 0.5) is 0 Å². The molecule has 0 bridgehead atoms. The Bertz CT molecular complexity index is 758. The number of ether oxygens (including phenoxy) is 3. The molecule has 0 radical (unpaired) electrons. The van der Waals surface area contributed by atoms with Gasteiger partial charge in [0.25, 0.3) is 0 Å². The predicted molar refractivity (Wildman–Crippen MR) is 90.2 cm³/mol. The smallest absolute Gasteiger partial charge is 0.203 e. The maximum atomic E-state index is 9.46. The number of allylic oxidation sites excluding steroid dienone is 2. The van der Waals surface area contributed by atoms with Crippen molar-refractivity contribution in [3.8, 4) is 17.6 Å². The van der Waals surface area contributed by atoms with Gasteiger partial charge in [-0.15, -0.1) is 0 Å². The van der Waals surface area contributed by atoms with Crippen molar-refractivity contribution in [2.75, 3.05) is 14.2 Å². The summed E-state index contributed by atoms with van der Waals surface area (Å²) in [7, 11) is 3.22. The van der Waals surface area contributed by atoms with Crippen LogP contribution >= 0.6 is 0 Å². The van der Waals surface area contributed by atoms with Crippen molar-refractivity contribution < 1.29 is 14.2 Å². The zero-order chi connectivity index (χ0) is 17.3. The van der Waals surface area contributed by atoms with E-state index in [1.54, 1.807) is 14.2 Å². The first-order valence-electron chi connectivity index (χ1n) is 8.12. The van der Waals surface area contributed by atoms with Gasteiger partial charge in [-0.3, -0.25) is 0 Å². The van der Waals surface area contributed by atoms with Gasteiger partial charge in [-0.1, -0.05) is 13.0 Å². The van der Waals surface area contributed by atoms with Crippen molar-refractivity contribution in [3.63, 3.8) is 0 Å². The number of nitrogens with zero attached hydrogens (tertiary/aromatic N) is 1. The minimum Gasteiger partial charge on any atom is -0.493 e. The van der Waals surface area contributed by atoms with E-state index in [1.807, 2.05) is 18.2 Å². The van der Waals surface area contributed by atoms with Crippen LogP contribution < -0.4 is 15.2 Å². The molecule has 2 N–H and O–H groups in total. The molecule has 0 saturated carbocycles. The number of methoxy groups -OCH3 is 2. The topological polar surface area (TPSA) is 77.5 Å². The minimum absolute atomic E-state index is 0.213. The summed E-state index contributed by atoms with van der Waals surface area (Å²) in [6, 6.07) is 7.96. The first-order chi connectivity index (χ1) is 11.6. The first kappa shape index (κ1) is 16.3. The maximum absolute atomic E-state index is 9.46. The molecule has 126 valence electrons. The summed E-state index contributed by atoms with van der Waals surface area (Å²) < 4.78 is 16.7. The molecule has 0 saturated heterocycles. The molecule has 0 amide bonds. The predicted octanol–water partition coefficient (Wildman–Crippen LogP) is 3.59. The Morgan fingerprint density at radius 1 is 1.25 bits per heavy atom. The largest absolute Gasteiger partial charge is 0.493 e. The van der Waals surface area contributed by atoms with E-state index in [0.29, 0.717) is 23.0 Å². The van der Waals surface area contributed by atoms with Crippen LogP contribution in [-0.2, 0) is 4.74 Å². The molecule has 1 heterocycles. The highest BCUT2D eigenvalue weighted by Gasteiger charge is 2.35. The van der Waals surface area contributed by atoms with Gasteiger partial charge in [-0.2, -0.15) is 5.26 Å². The summed E-state index contributed by atoms with van der Waals surface area (Å²) in [5.41, 5.74) is 9.71. The number of nitriles is 1. The van der Waals surface area contributed by atoms with Crippen molar-refractivity contribution in [1.29, 1.82) is 5.26 Å². The Labute approximate surface area is 142 Å². The average molecular weight is 326 g/mol. The fourth-order valence-corrected chi connectivity index (χ4v) is 3.65. The molecule has 5 nitrogen and oxygen atoms in total. The molecule has 1 aromatic rings. The van der Waals surface area contributed by atoms with Crippen molar-refractivity contribution in [1.82, 2.24) is 0 Å². The number of hydrogen-bond acceptors (Lipinski definition) is 5. The molecule has 1 aliphatic heterocycles. The monoisotopic (exact) mass is 326 g/mol. The highest BCUT2D eigenvalue weighted by atomic mass is 16.5. The van der Waals surface area contributed by atoms with Crippen LogP contribution in [-0.4, -0.2) is 14.2 Å². The number of nitrogens with two attached hydrogens (primary N) is 1. The third kappa shape index (κ3) is 2.58. The fourth-order valence-electron chi connectivity index (χ4n) is 3.65. The van der Waals surface area contributed by atoms with Gasteiger partial charge < -0.3 is 19.9 Å². The van der Waals surface area contributed by atoms with E-state index >= 15 is 0 Å². The van der Waals surface area contributed by atoms with Gasteiger partial charge >= 0.3 is 0 Å². The number of benzene rings is 1. The quantitative estimate of drug-likeness (QED) is 0.918. The van der Waals surface area contributed by atoms with Gasteiger partial charge in [0.2, 0.25) is 5.88 Å². The molecule has 0 aromatic heterocycles. The zero-order valence-electron chi connectivity index (χ0n) is 14.3. The molecule has 2 atom stereocenters. The Morgan fingerprint density at radius 3 is 2.67 bits per heavy atom. The summed E-state index contributed by atoms with van der Waals surface area (Å²) in [6.07, 6.45) is 2.74. The molecule has 0 fully saturated rings. The van der Waals surface area contributed by atoms with E-state index in [2.05, 4.69) is 13.0 Å². The first-order valence-corrected chi connectivity index (χ1v) is 8.12. The Hall–Kier alpha value is -2.61. The van der Waals surface area contributed by atoms with Gasteiger partial charge in [0.1, 0.15) is 17.7 Å². The third-order valence-electron chi connectivity index (χ3n) is 4.84. The van der Waals surface area contributed by atoms with Crippen LogP contribution in [0.1, 0.15) is 37.9 Å². The molecular formula is C19H22N2O3. The van der Waals surface area contributed by atoms with E-state index in [0.717, 1.165) is 30.4 Å². The molecule has 1 aromatic carbocycles. The Morgan fingerprint density at radius 2 is 2.00 bits per heavy atom. The van der Waals surface area contributed by atoms with Crippen molar-refractivity contribution in [3.05, 3.63) is 46.4 Å². The summed E-state index contributed by atoms with van der Waals surface area (Å²) in [4.78, 5) is 0. The molecule has 0 spiro atoms. The third-order valence-corrected chi connectivity index (χ3v) is 4.84. The lowest BCUT2D eigenvalue weighted by molar-refractivity contribution is 0.122. The second-order valence-electron chi connectivity index (χ2n) is 6.19. The van der Waals surface area contributed by atoms with E-state index in [1.165, 1.54) is 5.57 Å². The van der Waals surface area contributed by atoms with Crippen LogP contribution in [0.25, 0.3) is 0 Å². The van der Waals surface area contributed by atoms with E-state index in [9.17, 15) is 5.26 Å². The number of rotatable bonds is 3. The van der Waals surface area contributed by atoms with Gasteiger partial charge in [-0.25, -0.2) is 0 Å². The molecule has 2 unspecified atom stereocenters. The van der Waals surface area contributed by atoms with E-state index in [-0.39, 0.29) is 12.0 Å². The second kappa shape index (κ2) is 6.48. The van der Waals surface area contributed by atoms with Crippen molar-refractivity contribution >= 4 is 0 Å². The van der Waals surface area contributed by atoms with Gasteiger partial charge in [0.15, 0.2) is 11.5 Å². The van der Waals surface area contributed by atoms with Gasteiger partial charge in [0.05, 0.1) is 14.2 Å². The SMILES string of the molecule is COc1ccc(C2OC(N)=C(C#N)C3=C2C(C)CCC3)cc1OC. The standard InChI is InChI=1S/C19H22N2O3/c1-11-5-4-6-13-14(10-20)19(21)24-18(17(11)13)12-7-8-15(22-2)16(9-12)23-3/h7-9,11,18H,4-6,21H2,1-3H3. The molecule has 1 aliphatic carbocycles. The molecular weight excluding hydrogens is 304 g/mol. The van der Waals surface area contributed by atoms with Gasteiger partial charge in [-0.05, 0) is 48.5 Å². The van der Waals surface area contributed by atoms with E-state index in [4.69, 9.17) is 19.9 Å². The summed E-state index contributed by atoms with van der Waals surface area (Å²) in [5.74, 6) is 1.88. The highest BCUT2D eigenvalue weighted by Crippen LogP contribution is 2.47. The highest BCUT2D eigenvalue weighted by molar-refractivity contribution is 5.53. The lowest BCUT2D eigenvalue weighted by atomic mass is 9.76. The Kier molecular flexibility index (Phi) is 4.39. The molecule has 24 heavy (non-hydrogen) atoms. The average Bonchev–Trinajstić information content (AvgIpc) is 2.60. The summed E-state index contributed by atoms with van der Waals surface area (Å²) in [5, 5.41) is 9.46. The van der Waals surface area contributed by atoms with Gasteiger partial charge in [0, 0.05) is 5.56 Å². The van der Waals surface area contributed by atoms with Crippen molar-refractivity contribution in [2.24, 2.45) is 11.7 Å². The summed E-state index contributed by atoms with van der Waals surface area (Å²) >= 11 is 0. The maximum Gasteiger partial charge on any atom is 0.203 e. The van der Waals surface area contributed by atoms with E-state index < -0.39 is 0 Å². The fraction of sp³-hybridized carbons (Fsp3) is 0.421. The second-order valence-corrected chi connectivity index (χ2v) is 6.19. The normalized spacial score (nSPS) is 23.2. The summed E-state index contributed by atoms with van der Waals surface area (Å²) in [6.45, 7) is 2.18. The Balaban J connectivity index is 2.10. The lowest BCUT2D eigenvalue weighted by Gasteiger charge is -2.36. The molecule has 2 aliphatic rings. The molecule has 5 heteroatoms. The molecule has 3 rings (SSSR count). The van der Waals surface area contributed by atoms with Crippen LogP contribution in [0, 0.1) is 17.2 Å². The minimum atomic E-state index is -0.285. The van der Waals surface area contributed by atoms with Crippen LogP contribution in [0.2, 0.25) is 0 Å². The number of hydrogen-bond donors (Lipinski definition) is 1.